The quantitative estimate of drug-likeness (QED) is 0.569. The Kier molecular flexibility index (Phi) is 5.63. The van der Waals surface area contributed by atoms with Crippen molar-refractivity contribution in [2.24, 2.45) is 5.92 Å². The minimum Gasteiger partial charge on any atom is -0.372 e. The SMILES string of the molecule is CC1CCN(c2ccc(Nc3nccc(Nc4cccc(Cl)c4)n3)cc2)CC1. The first-order chi connectivity index (χ1) is 13.7. The van der Waals surface area contributed by atoms with Crippen LogP contribution in [0, 0.1) is 5.92 Å². The maximum Gasteiger partial charge on any atom is 0.229 e. The van der Waals surface area contributed by atoms with Gasteiger partial charge >= 0.3 is 0 Å². The Morgan fingerprint density at radius 3 is 2.50 bits per heavy atom. The van der Waals surface area contributed by atoms with Gasteiger partial charge < -0.3 is 15.5 Å². The minimum atomic E-state index is 0.548. The first-order valence-corrected chi connectivity index (χ1v) is 10.0. The van der Waals surface area contributed by atoms with Gasteiger partial charge in [0.15, 0.2) is 0 Å². The van der Waals surface area contributed by atoms with Crippen molar-refractivity contribution in [3.63, 3.8) is 0 Å². The third kappa shape index (κ3) is 4.73. The molecule has 2 heterocycles. The Morgan fingerprint density at radius 2 is 1.75 bits per heavy atom. The van der Waals surface area contributed by atoms with E-state index < -0.39 is 0 Å². The summed E-state index contributed by atoms with van der Waals surface area (Å²) in [7, 11) is 0. The second kappa shape index (κ2) is 8.48. The zero-order valence-electron chi connectivity index (χ0n) is 15.9. The fourth-order valence-corrected chi connectivity index (χ4v) is 3.54. The van der Waals surface area contributed by atoms with E-state index in [-0.39, 0.29) is 0 Å². The van der Waals surface area contributed by atoms with Crippen LogP contribution in [0.4, 0.5) is 28.8 Å². The van der Waals surface area contributed by atoms with Crippen LogP contribution >= 0.6 is 11.6 Å². The molecule has 1 aliphatic rings. The molecule has 0 aliphatic carbocycles. The normalized spacial score (nSPS) is 14.7. The summed E-state index contributed by atoms with van der Waals surface area (Å²) in [6, 6.07) is 17.8. The average Bonchev–Trinajstić information content (AvgIpc) is 2.70. The molecule has 0 atom stereocenters. The van der Waals surface area contributed by atoms with Crippen molar-refractivity contribution in [3.8, 4) is 0 Å². The van der Waals surface area contributed by atoms with Gasteiger partial charge in [0, 0.05) is 41.4 Å². The van der Waals surface area contributed by atoms with E-state index in [1.165, 1.54) is 18.5 Å². The van der Waals surface area contributed by atoms with Crippen molar-refractivity contribution >= 4 is 40.4 Å². The maximum absolute atomic E-state index is 6.04. The smallest absolute Gasteiger partial charge is 0.229 e. The summed E-state index contributed by atoms with van der Waals surface area (Å²) in [4.78, 5) is 11.3. The van der Waals surface area contributed by atoms with Crippen LogP contribution in [0.25, 0.3) is 0 Å². The second-order valence-electron chi connectivity index (χ2n) is 7.24. The number of nitrogens with zero attached hydrogens (tertiary/aromatic N) is 3. The van der Waals surface area contributed by atoms with Crippen molar-refractivity contribution < 1.29 is 0 Å². The molecule has 28 heavy (non-hydrogen) atoms. The van der Waals surface area contributed by atoms with Gasteiger partial charge in [0.2, 0.25) is 5.95 Å². The molecule has 0 bridgehead atoms. The summed E-state index contributed by atoms with van der Waals surface area (Å²) in [6.07, 6.45) is 4.26. The maximum atomic E-state index is 6.04. The van der Waals surface area contributed by atoms with Gasteiger partial charge in [-0.05, 0) is 67.3 Å². The first kappa shape index (κ1) is 18.6. The Bertz CT molecular complexity index is 920. The van der Waals surface area contributed by atoms with Crippen molar-refractivity contribution in [2.45, 2.75) is 19.8 Å². The summed E-state index contributed by atoms with van der Waals surface area (Å²) in [5.74, 6) is 2.09. The van der Waals surface area contributed by atoms with Crippen LogP contribution in [-0.4, -0.2) is 23.1 Å². The number of halogens is 1. The van der Waals surface area contributed by atoms with Crippen molar-refractivity contribution in [3.05, 3.63) is 65.8 Å². The molecule has 1 fully saturated rings. The van der Waals surface area contributed by atoms with Crippen LogP contribution in [0.3, 0.4) is 0 Å². The molecule has 2 N–H and O–H groups in total. The van der Waals surface area contributed by atoms with Gasteiger partial charge in [-0.25, -0.2) is 4.98 Å². The minimum absolute atomic E-state index is 0.548. The molecule has 1 saturated heterocycles. The fraction of sp³-hybridized carbons (Fsp3) is 0.273. The van der Waals surface area contributed by atoms with E-state index in [1.807, 2.05) is 30.3 Å². The Labute approximate surface area is 170 Å². The van der Waals surface area contributed by atoms with Crippen LogP contribution in [0.2, 0.25) is 5.02 Å². The number of hydrogen-bond donors (Lipinski definition) is 2. The van der Waals surface area contributed by atoms with Crippen LogP contribution in [-0.2, 0) is 0 Å². The highest BCUT2D eigenvalue weighted by Crippen LogP contribution is 2.25. The van der Waals surface area contributed by atoms with Crippen LogP contribution in [0.1, 0.15) is 19.8 Å². The molecule has 4 rings (SSSR count). The molecular weight excluding hydrogens is 370 g/mol. The number of aromatic nitrogens is 2. The average molecular weight is 394 g/mol. The molecule has 0 unspecified atom stereocenters. The first-order valence-electron chi connectivity index (χ1n) is 9.63. The molecular formula is C22H24ClN5. The van der Waals surface area contributed by atoms with Gasteiger partial charge in [0.25, 0.3) is 0 Å². The molecule has 2 aromatic carbocycles. The lowest BCUT2D eigenvalue weighted by atomic mass is 9.99. The number of benzene rings is 2. The zero-order valence-corrected chi connectivity index (χ0v) is 16.7. The molecule has 0 spiro atoms. The lowest BCUT2D eigenvalue weighted by Gasteiger charge is -2.32. The number of rotatable bonds is 5. The van der Waals surface area contributed by atoms with Crippen molar-refractivity contribution in [1.29, 1.82) is 0 Å². The largest absolute Gasteiger partial charge is 0.372 e. The third-order valence-corrected chi connectivity index (χ3v) is 5.26. The summed E-state index contributed by atoms with van der Waals surface area (Å²) in [6.45, 7) is 4.60. The van der Waals surface area contributed by atoms with Gasteiger partial charge in [0.1, 0.15) is 5.82 Å². The third-order valence-electron chi connectivity index (χ3n) is 5.02. The van der Waals surface area contributed by atoms with Crippen LogP contribution < -0.4 is 15.5 Å². The summed E-state index contributed by atoms with van der Waals surface area (Å²) in [5.41, 5.74) is 3.13. The van der Waals surface area contributed by atoms with Gasteiger partial charge in [-0.3, -0.25) is 0 Å². The Morgan fingerprint density at radius 1 is 0.964 bits per heavy atom. The van der Waals surface area contributed by atoms with Gasteiger partial charge in [0.05, 0.1) is 0 Å². The summed E-state index contributed by atoms with van der Waals surface area (Å²) in [5, 5.41) is 7.20. The molecule has 144 valence electrons. The highest BCUT2D eigenvalue weighted by atomic mass is 35.5. The predicted molar refractivity (Wildman–Crippen MR) is 117 cm³/mol. The van der Waals surface area contributed by atoms with Gasteiger partial charge in [-0.2, -0.15) is 4.98 Å². The van der Waals surface area contributed by atoms with E-state index in [4.69, 9.17) is 11.6 Å². The summed E-state index contributed by atoms with van der Waals surface area (Å²) < 4.78 is 0. The lowest BCUT2D eigenvalue weighted by Crippen LogP contribution is -2.32. The van der Waals surface area contributed by atoms with Gasteiger partial charge in [-0.15, -0.1) is 0 Å². The van der Waals surface area contributed by atoms with E-state index in [1.54, 1.807) is 6.20 Å². The topological polar surface area (TPSA) is 53.1 Å². The van der Waals surface area contributed by atoms with Gasteiger partial charge in [-0.1, -0.05) is 24.6 Å². The highest BCUT2D eigenvalue weighted by Gasteiger charge is 2.15. The number of nitrogens with one attached hydrogen (secondary N) is 2. The predicted octanol–water partition coefficient (Wildman–Crippen LogP) is 5.85. The van der Waals surface area contributed by atoms with Crippen LogP contribution in [0.5, 0.6) is 0 Å². The standard InChI is InChI=1S/C22H24ClN5/c1-16-10-13-28(14-11-16)20-7-5-18(6-8-20)26-22-24-12-9-21(27-22)25-19-4-2-3-17(23)15-19/h2-9,12,15-16H,10-11,13-14H2,1H3,(H2,24,25,26,27). The molecule has 0 radical (unpaired) electrons. The lowest BCUT2D eigenvalue weighted by molar-refractivity contribution is 0.438. The zero-order chi connectivity index (χ0) is 19.3. The van der Waals surface area contributed by atoms with E-state index in [0.717, 1.165) is 30.4 Å². The fourth-order valence-electron chi connectivity index (χ4n) is 3.35. The highest BCUT2D eigenvalue weighted by molar-refractivity contribution is 6.30. The second-order valence-corrected chi connectivity index (χ2v) is 7.68. The van der Waals surface area contributed by atoms with E-state index in [9.17, 15) is 0 Å². The van der Waals surface area contributed by atoms with E-state index in [2.05, 4.69) is 56.7 Å². The molecule has 0 saturated carbocycles. The molecule has 0 amide bonds. The summed E-state index contributed by atoms with van der Waals surface area (Å²) >= 11 is 6.04. The van der Waals surface area contributed by atoms with E-state index >= 15 is 0 Å². The Balaban J connectivity index is 1.41. The monoisotopic (exact) mass is 393 g/mol. The molecule has 5 nitrogen and oxygen atoms in total. The Hall–Kier alpha value is -2.79. The number of anilines is 5. The molecule has 6 heteroatoms. The van der Waals surface area contributed by atoms with Crippen LogP contribution in [0.15, 0.2) is 60.8 Å². The molecule has 1 aliphatic heterocycles. The van der Waals surface area contributed by atoms with Crippen molar-refractivity contribution in [1.82, 2.24) is 9.97 Å². The number of piperidine rings is 1. The number of hydrogen-bond acceptors (Lipinski definition) is 5. The molecule has 3 aromatic rings. The van der Waals surface area contributed by atoms with E-state index in [0.29, 0.717) is 16.8 Å². The van der Waals surface area contributed by atoms with Crippen molar-refractivity contribution in [2.75, 3.05) is 28.6 Å². The molecule has 1 aromatic heterocycles.